The Hall–Kier alpha value is -2.25. The van der Waals surface area contributed by atoms with Gasteiger partial charge in [0.05, 0.1) is 10.6 Å². The quantitative estimate of drug-likeness (QED) is 0.483. The van der Waals surface area contributed by atoms with E-state index in [0.717, 1.165) is 37.3 Å². The van der Waals surface area contributed by atoms with Crippen molar-refractivity contribution in [3.63, 3.8) is 0 Å². The fraction of sp³-hybridized carbons (Fsp3) is 0.188. The molecule has 1 atom stereocenters. The molecule has 162 valence electrons. The van der Waals surface area contributed by atoms with Crippen molar-refractivity contribution in [3.05, 3.63) is 54.3 Å². The van der Waals surface area contributed by atoms with Gasteiger partial charge in [-0.1, -0.05) is 25.5 Å². The van der Waals surface area contributed by atoms with Crippen LogP contribution in [0.5, 0.6) is 0 Å². The van der Waals surface area contributed by atoms with Gasteiger partial charge < -0.3 is 10.4 Å². The summed E-state index contributed by atoms with van der Waals surface area (Å²) in [5, 5.41) is 12.0. The zero-order valence-corrected chi connectivity index (χ0v) is 16.2. The molecule has 0 aliphatic rings. The molecular weight excluding hydrogens is 448 g/mol. The van der Waals surface area contributed by atoms with Crippen molar-refractivity contribution in [1.82, 2.24) is 0 Å². The molecule has 1 unspecified atom stereocenters. The Morgan fingerprint density at radius 2 is 1.62 bits per heavy atom. The number of anilines is 1. The van der Waals surface area contributed by atoms with E-state index in [9.17, 15) is 42.1 Å². The number of halogens is 6. The van der Waals surface area contributed by atoms with E-state index in [1.54, 1.807) is 5.32 Å². The zero-order chi connectivity index (χ0) is 22.4. The van der Waals surface area contributed by atoms with Crippen LogP contribution in [-0.4, -0.2) is 30.8 Å². The van der Waals surface area contributed by atoms with Crippen molar-refractivity contribution in [2.45, 2.75) is 22.3 Å². The predicted octanol–water partition coefficient (Wildman–Crippen LogP) is 4.65. The number of carbonyl (C=O) groups excluding carboxylic acids is 1. The molecule has 0 saturated heterocycles. The first-order valence-corrected chi connectivity index (χ1v) is 11.3. The SMILES string of the molecule is CC(O)(CS(=O)(=O)c1ccc(F)cc1)C(=O)Nc1cccc(S(F)(F)(F)(F)F)c1. The number of sulfone groups is 1. The van der Waals surface area contributed by atoms with Crippen LogP contribution in [0.25, 0.3) is 0 Å². The number of rotatable bonds is 6. The number of hydrogen-bond donors (Lipinski definition) is 2. The normalized spacial score (nSPS) is 17.0. The summed E-state index contributed by atoms with van der Waals surface area (Å²) in [4.78, 5) is 9.50. The molecule has 2 rings (SSSR count). The third kappa shape index (κ3) is 5.87. The number of carbonyl (C=O) groups is 1. The molecule has 0 saturated carbocycles. The lowest BCUT2D eigenvalue weighted by molar-refractivity contribution is -0.130. The van der Waals surface area contributed by atoms with Crippen molar-refractivity contribution < 1.29 is 42.1 Å². The lowest BCUT2D eigenvalue weighted by atomic mass is 10.1. The number of hydrogen-bond acceptors (Lipinski definition) is 4. The van der Waals surface area contributed by atoms with Crippen LogP contribution in [0, 0.1) is 5.82 Å². The Morgan fingerprint density at radius 3 is 2.14 bits per heavy atom. The Labute approximate surface area is 162 Å². The summed E-state index contributed by atoms with van der Waals surface area (Å²) in [6.07, 6.45) is 0. The lowest BCUT2D eigenvalue weighted by Gasteiger charge is -2.40. The molecule has 0 spiro atoms. The van der Waals surface area contributed by atoms with E-state index in [-0.39, 0.29) is 12.1 Å². The molecule has 0 aromatic heterocycles. The van der Waals surface area contributed by atoms with E-state index < -0.39 is 58.6 Å². The predicted molar refractivity (Wildman–Crippen MR) is 95.5 cm³/mol. The van der Waals surface area contributed by atoms with Gasteiger partial charge in [0.1, 0.15) is 10.7 Å². The molecule has 1 amide bonds. The average molecular weight is 463 g/mol. The maximum absolute atomic E-state index is 12.9. The van der Waals surface area contributed by atoms with Gasteiger partial charge in [-0.3, -0.25) is 4.79 Å². The number of benzene rings is 2. The summed E-state index contributed by atoms with van der Waals surface area (Å²) in [5.74, 6) is -3.36. The van der Waals surface area contributed by atoms with Crippen molar-refractivity contribution in [1.29, 1.82) is 0 Å². The molecule has 13 heteroatoms. The molecule has 5 nitrogen and oxygen atoms in total. The highest BCUT2D eigenvalue weighted by molar-refractivity contribution is 8.45. The third-order valence-corrected chi connectivity index (χ3v) is 6.75. The van der Waals surface area contributed by atoms with Crippen LogP contribution in [0.4, 0.5) is 29.5 Å². The van der Waals surface area contributed by atoms with E-state index in [4.69, 9.17) is 0 Å². The number of nitrogens with one attached hydrogen (secondary N) is 1. The summed E-state index contributed by atoms with van der Waals surface area (Å²) < 4.78 is 102. The van der Waals surface area contributed by atoms with Crippen LogP contribution in [-0.2, 0) is 14.6 Å². The molecule has 2 N–H and O–H groups in total. The minimum atomic E-state index is -10.0. The molecular formula is C16H15F6NO4S2. The first-order chi connectivity index (χ1) is 12.8. The van der Waals surface area contributed by atoms with Gasteiger partial charge in [0.15, 0.2) is 15.4 Å². The zero-order valence-electron chi connectivity index (χ0n) is 14.6. The highest BCUT2D eigenvalue weighted by Gasteiger charge is 2.65. The third-order valence-electron chi connectivity index (χ3n) is 3.67. The van der Waals surface area contributed by atoms with Gasteiger partial charge in [0, 0.05) is 5.69 Å². The molecule has 0 aliphatic carbocycles. The molecule has 0 heterocycles. The highest BCUT2D eigenvalue weighted by atomic mass is 32.5. The van der Waals surface area contributed by atoms with Crippen molar-refractivity contribution in [3.8, 4) is 0 Å². The van der Waals surface area contributed by atoms with Crippen molar-refractivity contribution in [2.24, 2.45) is 0 Å². The van der Waals surface area contributed by atoms with E-state index in [1.807, 2.05) is 0 Å². The number of aliphatic hydroxyl groups is 1. The van der Waals surface area contributed by atoms with E-state index in [1.165, 1.54) is 0 Å². The topological polar surface area (TPSA) is 83.5 Å². The molecule has 0 aliphatic heterocycles. The second kappa shape index (κ2) is 6.37. The van der Waals surface area contributed by atoms with Crippen LogP contribution >= 0.6 is 10.2 Å². The van der Waals surface area contributed by atoms with Gasteiger partial charge >= 0.3 is 10.2 Å². The maximum Gasteiger partial charge on any atom is 0.310 e. The summed E-state index contributed by atoms with van der Waals surface area (Å²) in [5.41, 5.74) is -3.36. The summed E-state index contributed by atoms with van der Waals surface area (Å²) >= 11 is 0. The van der Waals surface area contributed by atoms with Gasteiger partial charge in [-0.15, -0.1) is 0 Å². The van der Waals surface area contributed by atoms with Gasteiger partial charge in [-0.05, 0) is 49.4 Å². The van der Waals surface area contributed by atoms with Crippen LogP contribution in [0.15, 0.2) is 58.3 Å². The van der Waals surface area contributed by atoms with Crippen LogP contribution in [0.2, 0.25) is 0 Å². The lowest BCUT2D eigenvalue weighted by Crippen LogP contribution is -2.45. The summed E-state index contributed by atoms with van der Waals surface area (Å²) in [6.45, 7) is 0.776. The van der Waals surface area contributed by atoms with Gasteiger partial charge in [0.25, 0.3) is 5.91 Å². The minimum Gasteiger partial charge on any atom is -0.379 e. The first kappa shape index (κ1) is 23.0. The van der Waals surface area contributed by atoms with Crippen molar-refractivity contribution >= 4 is 31.7 Å². The Morgan fingerprint density at radius 1 is 1.07 bits per heavy atom. The van der Waals surface area contributed by atoms with Crippen LogP contribution < -0.4 is 5.32 Å². The summed E-state index contributed by atoms with van der Waals surface area (Å²) in [6, 6.07) is 5.05. The standard InChI is InChI=1S/C16H15F6NO4S2/c1-16(25,10-28(26,27)13-7-5-11(17)6-8-13)15(24)23-12-3-2-4-14(9-12)29(18,19,20,21)22/h2-9,25H,10H2,1H3,(H,23,24). The molecule has 2 aromatic carbocycles. The monoisotopic (exact) mass is 463 g/mol. The average Bonchev–Trinajstić information content (AvgIpc) is 2.52. The fourth-order valence-electron chi connectivity index (χ4n) is 2.24. The van der Waals surface area contributed by atoms with E-state index in [0.29, 0.717) is 6.07 Å². The molecule has 29 heavy (non-hydrogen) atoms. The van der Waals surface area contributed by atoms with Crippen molar-refractivity contribution in [2.75, 3.05) is 11.1 Å². The Kier molecular flexibility index (Phi) is 5.06. The second-order valence-corrected chi connectivity index (χ2v) is 10.8. The van der Waals surface area contributed by atoms with E-state index in [2.05, 4.69) is 0 Å². The highest BCUT2D eigenvalue weighted by Crippen LogP contribution is 3.02. The summed E-state index contributed by atoms with van der Waals surface area (Å²) in [7, 11) is -14.3. The maximum atomic E-state index is 12.9. The molecule has 0 radical (unpaired) electrons. The van der Waals surface area contributed by atoms with Crippen LogP contribution in [0.1, 0.15) is 6.92 Å². The second-order valence-electron chi connectivity index (χ2n) is 6.44. The van der Waals surface area contributed by atoms with E-state index >= 15 is 0 Å². The van der Waals surface area contributed by atoms with Gasteiger partial charge in [0.2, 0.25) is 0 Å². The molecule has 0 fully saturated rings. The fourth-order valence-corrected chi connectivity index (χ4v) is 4.51. The number of amides is 1. The smallest absolute Gasteiger partial charge is 0.310 e. The molecule has 0 bridgehead atoms. The Balaban J connectivity index is 2.25. The first-order valence-electron chi connectivity index (χ1n) is 7.66. The van der Waals surface area contributed by atoms with Crippen LogP contribution in [0.3, 0.4) is 0 Å². The largest absolute Gasteiger partial charge is 0.379 e. The van der Waals surface area contributed by atoms with Gasteiger partial charge in [-0.25, -0.2) is 12.8 Å². The molecule has 2 aromatic rings. The Bertz CT molecular complexity index is 1050. The minimum absolute atomic E-state index is 0.0238. The van der Waals surface area contributed by atoms with Gasteiger partial charge in [-0.2, -0.15) is 0 Å².